The van der Waals surface area contributed by atoms with Crippen molar-refractivity contribution >= 4 is 5.91 Å². The second-order valence-electron chi connectivity index (χ2n) is 6.21. The molecule has 2 aromatic carbocycles. The Morgan fingerprint density at radius 3 is 2.54 bits per heavy atom. The van der Waals surface area contributed by atoms with Gasteiger partial charge in [0.1, 0.15) is 18.1 Å². The van der Waals surface area contributed by atoms with E-state index in [1.807, 2.05) is 66.9 Å². The molecule has 0 aliphatic heterocycles. The van der Waals surface area contributed by atoms with Crippen LogP contribution in [-0.4, -0.2) is 17.4 Å². The molecule has 4 heteroatoms. The summed E-state index contributed by atoms with van der Waals surface area (Å²) < 4.78 is 5.81. The van der Waals surface area contributed by atoms with Gasteiger partial charge in [0.15, 0.2) is 0 Å². The summed E-state index contributed by atoms with van der Waals surface area (Å²) in [7, 11) is 0. The van der Waals surface area contributed by atoms with E-state index in [0.717, 1.165) is 35.3 Å². The lowest BCUT2D eigenvalue weighted by Crippen LogP contribution is -2.24. The van der Waals surface area contributed by atoms with Crippen LogP contribution in [0.5, 0.6) is 5.75 Å². The van der Waals surface area contributed by atoms with Crippen molar-refractivity contribution in [1.29, 1.82) is 0 Å². The van der Waals surface area contributed by atoms with E-state index in [1.165, 1.54) is 0 Å². The van der Waals surface area contributed by atoms with Gasteiger partial charge in [-0.05, 0) is 41.3 Å². The summed E-state index contributed by atoms with van der Waals surface area (Å²) in [6.07, 6.45) is 3.91. The lowest BCUT2D eigenvalue weighted by atomic mass is 10.1. The minimum Gasteiger partial charge on any atom is -0.489 e. The van der Waals surface area contributed by atoms with Crippen molar-refractivity contribution < 1.29 is 9.53 Å². The molecule has 26 heavy (non-hydrogen) atoms. The molecule has 1 aromatic heterocycles. The number of carbonyl (C=O) groups is 1. The molecule has 134 valence electrons. The second kappa shape index (κ2) is 8.90. The highest BCUT2D eigenvalue weighted by Gasteiger charge is 2.09. The number of nitrogens with one attached hydrogen (secondary N) is 2. The van der Waals surface area contributed by atoms with Gasteiger partial charge < -0.3 is 15.0 Å². The molecule has 4 nitrogen and oxygen atoms in total. The van der Waals surface area contributed by atoms with Gasteiger partial charge in [-0.25, -0.2) is 0 Å². The quantitative estimate of drug-likeness (QED) is 0.575. The predicted octanol–water partition coefficient (Wildman–Crippen LogP) is 4.79. The van der Waals surface area contributed by atoms with Gasteiger partial charge in [0, 0.05) is 12.7 Å². The van der Waals surface area contributed by atoms with Gasteiger partial charge in [0.25, 0.3) is 5.91 Å². The fraction of sp³-hybridized carbons (Fsp3) is 0.227. The van der Waals surface area contributed by atoms with Gasteiger partial charge >= 0.3 is 0 Å². The summed E-state index contributed by atoms with van der Waals surface area (Å²) in [4.78, 5) is 15.1. The van der Waals surface area contributed by atoms with Gasteiger partial charge in [-0.3, -0.25) is 4.79 Å². The van der Waals surface area contributed by atoms with Crippen LogP contribution >= 0.6 is 0 Å². The van der Waals surface area contributed by atoms with Gasteiger partial charge in [-0.2, -0.15) is 0 Å². The number of aromatic nitrogens is 1. The molecule has 0 unspecified atom stereocenters. The zero-order chi connectivity index (χ0) is 18.2. The van der Waals surface area contributed by atoms with E-state index in [4.69, 9.17) is 4.74 Å². The zero-order valence-electron chi connectivity index (χ0n) is 15.0. The summed E-state index contributed by atoms with van der Waals surface area (Å²) in [6.45, 7) is 3.36. The smallest absolute Gasteiger partial charge is 0.267 e. The molecule has 0 spiro atoms. The molecule has 3 aromatic rings. The van der Waals surface area contributed by atoms with E-state index >= 15 is 0 Å². The number of aromatic amines is 1. The summed E-state index contributed by atoms with van der Waals surface area (Å²) in [5.74, 6) is 0.762. The molecule has 2 N–H and O–H groups in total. The van der Waals surface area contributed by atoms with Crippen molar-refractivity contribution in [3.8, 4) is 16.9 Å². The average Bonchev–Trinajstić information content (AvgIpc) is 3.18. The molecule has 0 aliphatic carbocycles. The lowest BCUT2D eigenvalue weighted by Gasteiger charge is -2.07. The van der Waals surface area contributed by atoms with E-state index in [9.17, 15) is 4.79 Å². The predicted molar refractivity (Wildman–Crippen MR) is 104 cm³/mol. The highest BCUT2D eigenvalue weighted by Crippen LogP contribution is 2.23. The SMILES string of the molecule is CCCCNC(=O)c1cc(-c2ccc(OCc3ccccc3)cc2)c[nH]1. The molecule has 0 aliphatic rings. The van der Waals surface area contributed by atoms with Crippen LogP contribution in [0.3, 0.4) is 0 Å². The van der Waals surface area contributed by atoms with Crippen molar-refractivity contribution in [2.75, 3.05) is 6.54 Å². The Morgan fingerprint density at radius 2 is 1.81 bits per heavy atom. The summed E-state index contributed by atoms with van der Waals surface area (Å²) >= 11 is 0. The van der Waals surface area contributed by atoms with Crippen molar-refractivity contribution in [3.63, 3.8) is 0 Å². The normalized spacial score (nSPS) is 10.5. The van der Waals surface area contributed by atoms with Crippen molar-refractivity contribution in [2.45, 2.75) is 26.4 Å². The van der Waals surface area contributed by atoms with Crippen molar-refractivity contribution in [3.05, 3.63) is 78.1 Å². The standard InChI is InChI=1S/C22H24N2O2/c1-2-3-13-23-22(25)21-14-19(15-24-21)18-9-11-20(12-10-18)26-16-17-7-5-4-6-8-17/h4-12,14-15,24H,2-3,13,16H2,1H3,(H,23,25). The summed E-state index contributed by atoms with van der Waals surface area (Å²) in [5.41, 5.74) is 3.75. The number of carbonyl (C=O) groups excluding carboxylic acids is 1. The molecule has 1 amide bonds. The van der Waals surface area contributed by atoms with E-state index < -0.39 is 0 Å². The largest absolute Gasteiger partial charge is 0.489 e. The molecule has 0 radical (unpaired) electrons. The first-order chi connectivity index (χ1) is 12.8. The third-order valence-electron chi connectivity index (χ3n) is 4.18. The van der Waals surface area contributed by atoms with Gasteiger partial charge in [0.2, 0.25) is 0 Å². The maximum absolute atomic E-state index is 12.1. The Labute approximate surface area is 154 Å². The number of hydrogen-bond acceptors (Lipinski definition) is 2. The Hall–Kier alpha value is -3.01. The third kappa shape index (κ3) is 4.76. The molecule has 0 fully saturated rings. The van der Waals surface area contributed by atoms with Crippen LogP contribution in [-0.2, 0) is 6.61 Å². The first-order valence-corrected chi connectivity index (χ1v) is 9.00. The summed E-state index contributed by atoms with van der Waals surface area (Å²) in [5, 5.41) is 2.92. The lowest BCUT2D eigenvalue weighted by molar-refractivity contribution is 0.0949. The van der Waals surface area contributed by atoms with E-state index in [2.05, 4.69) is 17.2 Å². The number of unbranched alkanes of at least 4 members (excludes halogenated alkanes) is 1. The minimum absolute atomic E-state index is 0.0625. The maximum atomic E-state index is 12.1. The highest BCUT2D eigenvalue weighted by molar-refractivity contribution is 5.93. The van der Waals surface area contributed by atoms with Gasteiger partial charge in [0.05, 0.1) is 0 Å². The monoisotopic (exact) mass is 348 g/mol. The fourth-order valence-electron chi connectivity index (χ4n) is 2.65. The van der Waals surface area contributed by atoms with Crippen LogP contribution in [0.2, 0.25) is 0 Å². The number of H-pyrrole nitrogens is 1. The zero-order valence-corrected chi connectivity index (χ0v) is 15.0. The fourth-order valence-corrected chi connectivity index (χ4v) is 2.65. The molecular formula is C22H24N2O2. The molecule has 0 bridgehead atoms. The van der Waals surface area contributed by atoms with E-state index in [-0.39, 0.29) is 5.91 Å². The number of rotatable bonds is 8. The number of hydrogen-bond donors (Lipinski definition) is 2. The summed E-state index contributed by atoms with van der Waals surface area (Å²) in [6, 6.07) is 19.9. The third-order valence-corrected chi connectivity index (χ3v) is 4.18. The van der Waals surface area contributed by atoms with Crippen molar-refractivity contribution in [2.24, 2.45) is 0 Å². The first-order valence-electron chi connectivity index (χ1n) is 9.00. The van der Waals surface area contributed by atoms with Crippen LogP contribution in [0.1, 0.15) is 35.8 Å². The van der Waals surface area contributed by atoms with Crippen LogP contribution < -0.4 is 10.1 Å². The van der Waals surface area contributed by atoms with Crippen molar-refractivity contribution in [1.82, 2.24) is 10.3 Å². The number of amides is 1. The molecule has 0 atom stereocenters. The Bertz CT molecular complexity index is 823. The van der Waals surface area contributed by atoms with Gasteiger partial charge in [-0.1, -0.05) is 55.8 Å². The van der Waals surface area contributed by atoms with Crippen LogP contribution in [0.4, 0.5) is 0 Å². The maximum Gasteiger partial charge on any atom is 0.267 e. The van der Waals surface area contributed by atoms with Crippen LogP contribution in [0.15, 0.2) is 66.9 Å². The number of ether oxygens (including phenoxy) is 1. The average molecular weight is 348 g/mol. The first kappa shape index (κ1) is 17.8. The van der Waals surface area contributed by atoms with E-state index in [0.29, 0.717) is 18.8 Å². The molecule has 0 saturated carbocycles. The second-order valence-corrected chi connectivity index (χ2v) is 6.21. The topological polar surface area (TPSA) is 54.1 Å². The molecule has 0 saturated heterocycles. The molecule has 3 rings (SSSR count). The minimum atomic E-state index is -0.0625. The van der Waals surface area contributed by atoms with Crippen LogP contribution in [0.25, 0.3) is 11.1 Å². The van der Waals surface area contributed by atoms with E-state index in [1.54, 1.807) is 0 Å². The highest BCUT2D eigenvalue weighted by atomic mass is 16.5. The van der Waals surface area contributed by atoms with Crippen LogP contribution in [0, 0.1) is 0 Å². The van der Waals surface area contributed by atoms with Gasteiger partial charge in [-0.15, -0.1) is 0 Å². The Balaban J connectivity index is 1.59. The molecule has 1 heterocycles. The number of benzene rings is 2. The molecular weight excluding hydrogens is 324 g/mol. The Kier molecular flexibility index (Phi) is 6.09. The Morgan fingerprint density at radius 1 is 1.04 bits per heavy atom.